The summed E-state index contributed by atoms with van der Waals surface area (Å²) in [7, 11) is 1.82. The van der Waals surface area contributed by atoms with E-state index >= 15 is 0 Å². The van der Waals surface area contributed by atoms with Crippen molar-refractivity contribution in [2.75, 3.05) is 26.7 Å². The van der Waals surface area contributed by atoms with E-state index in [4.69, 9.17) is 4.52 Å². The molecule has 2 aromatic heterocycles. The first-order chi connectivity index (χ1) is 14.1. The lowest BCUT2D eigenvalue weighted by Crippen LogP contribution is -2.42. The Labute approximate surface area is 201 Å². The van der Waals surface area contributed by atoms with Gasteiger partial charge in [0.1, 0.15) is 5.76 Å². The van der Waals surface area contributed by atoms with Gasteiger partial charge in [0.2, 0.25) is 0 Å². The number of hydrogen-bond acceptors (Lipinski definition) is 6. The number of likely N-dealkylation sites (tertiary alicyclic amines) is 1. The van der Waals surface area contributed by atoms with Crippen molar-refractivity contribution in [2.24, 2.45) is 10.9 Å². The van der Waals surface area contributed by atoms with E-state index in [1.807, 2.05) is 7.05 Å². The molecular formula is C21H35IN6OS. The minimum Gasteiger partial charge on any atom is -0.361 e. The minimum atomic E-state index is 0. The number of thiazole rings is 1. The maximum atomic E-state index is 5.45. The molecule has 9 heteroatoms. The van der Waals surface area contributed by atoms with Crippen LogP contribution in [0.5, 0.6) is 0 Å². The second-order valence-corrected chi connectivity index (χ2v) is 8.68. The molecule has 0 aliphatic carbocycles. The third-order valence-electron chi connectivity index (χ3n) is 5.58. The summed E-state index contributed by atoms with van der Waals surface area (Å²) < 4.78 is 5.45. The van der Waals surface area contributed by atoms with E-state index in [0.717, 1.165) is 61.4 Å². The topological polar surface area (TPSA) is 78.6 Å². The first kappa shape index (κ1) is 25.1. The number of nitrogens with zero attached hydrogens (tertiary/aromatic N) is 4. The van der Waals surface area contributed by atoms with Crippen LogP contribution in [0.25, 0.3) is 0 Å². The van der Waals surface area contributed by atoms with Crippen molar-refractivity contribution < 1.29 is 4.52 Å². The molecule has 2 N–H and O–H groups in total. The van der Waals surface area contributed by atoms with Gasteiger partial charge in [0.15, 0.2) is 5.96 Å². The van der Waals surface area contributed by atoms with Crippen molar-refractivity contribution in [1.29, 1.82) is 0 Å². The van der Waals surface area contributed by atoms with Crippen molar-refractivity contribution in [3.63, 3.8) is 0 Å². The molecule has 1 saturated heterocycles. The van der Waals surface area contributed by atoms with E-state index in [2.05, 4.69) is 56.8 Å². The highest BCUT2D eigenvalue weighted by atomic mass is 127. The van der Waals surface area contributed by atoms with Gasteiger partial charge in [0.25, 0.3) is 0 Å². The zero-order valence-corrected chi connectivity index (χ0v) is 21.7. The normalized spacial score (nSPS) is 15.8. The van der Waals surface area contributed by atoms with Crippen molar-refractivity contribution in [3.8, 4) is 0 Å². The zero-order chi connectivity index (χ0) is 20.6. The molecule has 2 aromatic rings. The van der Waals surface area contributed by atoms with Crippen LogP contribution < -0.4 is 10.6 Å². The van der Waals surface area contributed by atoms with E-state index in [9.17, 15) is 0 Å². The summed E-state index contributed by atoms with van der Waals surface area (Å²) in [5.41, 5.74) is 3.41. The molecule has 0 bridgehead atoms. The van der Waals surface area contributed by atoms with Gasteiger partial charge in [0.05, 0.1) is 16.4 Å². The monoisotopic (exact) mass is 546 g/mol. The molecular weight excluding hydrogens is 511 g/mol. The van der Waals surface area contributed by atoms with Crippen LogP contribution in [0, 0.1) is 12.8 Å². The Hall–Kier alpha value is -1.20. The van der Waals surface area contributed by atoms with Crippen molar-refractivity contribution >= 4 is 41.3 Å². The Morgan fingerprint density at radius 2 is 2.03 bits per heavy atom. The molecule has 1 aliphatic rings. The van der Waals surface area contributed by atoms with Crippen molar-refractivity contribution in [3.05, 3.63) is 33.1 Å². The third-order valence-corrected chi connectivity index (χ3v) is 6.40. The molecule has 1 fully saturated rings. The summed E-state index contributed by atoms with van der Waals surface area (Å²) in [5, 5.41) is 14.4. The van der Waals surface area contributed by atoms with Crippen LogP contribution >= 0.6 is 35.3 Å². The molecule has 3 rings (SSSR count). The number of hydrogen-bond donors (Lipinski definition) is 2. The molecule has 0 saturated carbocycles. The highest BCUT2D eigenvalue weighted by Crippen LogP contribution is 2.19. The lowest BCUT2D eigenvalue weighted by molar-refractivity contribution is 0.176. The lowest BCUT2D eigenvalue weighted by atomic mass is 9.97. The standard InChI is InChI=1S/C21H34N6OS.HI/c1-5-19-18(20(6-2)28-26-19)12-24-21(22-4)23-11-16-7-9-27(10-8-16)13-17-14-29-15(3)25-17;/h14,16H,5-13H2,1-4H3,(H2,22,23,24);1H. The fourth-order valence-corrected chi connectivity index (χ4v) is 4.43. The van der Waals surface area contributed by atoms with Crippen LogP contribution in [0.3, 0.4) is 0 Å². The number of aliphatic imine (C=N–C) groups is 1. The summed E-state index contributed by atoms with van der Waals surface area (Å²) in [6.07, 6.45) is 4.15. The molecule has 30 heavy (non-hydrogen) atoms. The maximum absolute atomic E-state index is 5.45. The number of halogens is 1. The fraction of sp³-hybridized carbons (Fsp3) is 0.667. The van der Waals surface area contributed by atoms with E-state index in [1.54, 1.807) is 11.3 Å². The Morgan fingerprint density at radius 3 is 2.63 bits per heavy atom. The number of aromatic nitrogens is 2. The minimum absolute atomic E-state index is 0. The van der Waals surface area contributed by atoms with Gasteiger partial charge in [-0.05, 0) is 45.2 Å². The number of guanidine groups is 1. The highest BCUT2D eigenvalue weighted by molar-refractivity contribution is 14.0. The first-order valence-electron chi connectivity index (χ1n) is 10.7. The van der Waals surface area contributed by atoms with Gasteiger partial charge >= 0.3 is 0 Å². The highest BCUT2D eigenvalue weighted by Gasteiger charge is 2.20. The Morgan fingerprint density at radius 1 is 1.27 bits per heavy atom. The van der Waals surface area contributed by atoms with Gasteiger partial charge in [-0.25, -0.2) is 4.98 Å². The van der Waals surface area contributed by atoms with Crippen molar-refractivity contribution in [1.82, 2.24) is 25.7 Å². The Balaban J connectivity index is 0.00000320. The number of nitrogens with one attached hydrogen (secondary N) is 2. The molecule has 0 atom stereocenters. The molecule has 1 aliphatic heterocycles. The van der Waals surface area contributed by atoms with Crippen LogP contribution in [-0.4, -0.2) is 47.7 Å². The molecule has 7 nitrogen and oxygen atoms in total. The SMILES string of the molecule is CCc1noc(CC)c1CNC(=NC)NCC1CCN(Cc2csc(C)n2)CC1.I. The second kappa shape index (κ2) is 12.6. The maximum Gasteiger partial charge on any atom is 0.191 e. The molecule has 0 aromatic carbocycles. The van der Waals surface area contributed by atoms with Gasteiger partial charge in [-0.2, -0.15) is 0 Å². The predicted octanol–water partition coefficient (Wildman–Crippen LogP) is 3.76. The largest absolute Gasteiger partial charge is 0.361 e. The Kier molecular flexibility index (Phi) is 10.5. The van der Waals surface area contributed by atoms with Crippen molar-refractivity contribution in [2.45, 2.75) is 59.5 Å². The number of aryl methyl sites for hydroxylation is 3. The smallest absolute Gasteiger partial charge is 0.191 e. The van der Waals surface area contributed by atoms with Crippen LogP contribution in [0.1, 0.15) is 54.4 Å². The van der Waals surface area contributed by atoms with Crippen LogP contribution in [0.4, 0.5) is 0 Å². The zero-order valence-electron chi connectivity index (χ0n) is 18.5. The van der Waals surface area contributed by atoms with E-state index < -0.39 is 0 Å². The molecule has 0 amide bonds. The third kappa shape index (κ3) is 6.91. The van der Waals surface area contributed by atoms with Crippen LogP contribution in [-0.2, 0) is 25.9 Å². The first-order valence-corrected chi connectivity index (χ1v) is 11.5. The average Bonchev–Trinajstić information content (AvgIpc) is 3.34. The summed E-state index contributed by atoms with van der Waals surface area (Å²) in [4.78, 5) is 11.5. The predicted molar refractivity (Wildman–Crippen MR) is 134 cm³/mol. The number of piperidine rings is 1. The summed E-state index contributed by atoms with van der Waals surface area (Å²) in [5.74, 6) is 2.48. The molecule has 0 radical (unpaired) electrons. The summed E-state index contributed by atoms with van der Waals surface area (Å²) in [6, 6.07) is 0. The van der Waals surface area contributed by atoms with Crippen LogP contribution in [0.15, 0.2) is 14.9 Å². The van der Waals surface area contributed by atoms with E-state index in [-0.39, 0.29) is 24.0 Å². The van der Waals surface area contributed by atoms with E-state index in [1.165, 1.54) is 24.1 Å². The average molecular weight is 547 g/mol. The molecule has 0 unspecified atom stereocenters. The van der Waals surface area contributed by atoms with E-state index in [0.29, 0.717) is 12.5 Å². The Bertz CT molecular complexity index is 776. The fourth-order valence-electron chi connectivity index (χ4n) is 3.83. The quantitative estimate of drug-likeness (QED) is 0.298. The summed E-state index contributed by atoms with van der Waals surface area (Å²) >= 11 is 1.74. The lowest BCUT2D eigenvalue weighted by Gasteiger charge is -2.31. The van der Waals surface area contributed by atoms with Gasteiger partial charge in [-0.3, -0.25) is 9.89 Å². The molecule has 3 heterocycles. The van der Waals surface area contributed by atoms with Gasteiger partial charge in [-0.1, -0.05) is 19.0 Å². The van der Waals surface area contributed by atoms with Crippen LogP contribution in [0.2, 0.25) is 0 Å². The van der Waals surface area contributed by atoms with Gasteiger partial charge < -0.3 is 15.2 Å². The molecule has 168 valence electrons. The molecule has 0 spiro atoms. The second-order valence-electron chi connectivity index (χ2n) is 7.62. The number of rotatable bonds is 8. The summed E-state index contributed by atoms with van der Waals surface area (Å²) in [6.45, 7) is 11.2. The van der Waals surface area contributed by atoms with Gasteiger partial charge in [0, 0.05) is 44.0 Å². The van der Waals surface area contributed by atoms with Gasteiger partial charge in [-0.15, -0.1) is 35.3 Å².